The number of ether oxygens (including phenoxy) is 1. The molecule has 0 spiro atoms. The summed E-state index contributed by atoms with van der Waals surface area (Å²) in [4.78, 5) is 23.7. The van der Waals surface area contributed by atoms with Crippen molar-refractivity contribution in [2.75, 3.05) is 13.2 Å². The van der Waals surface area contributed by atoms with Gasteiger partial charge in [0, 0.05) is 12.6 Å². The van der Waals surface area contributed by atoms with Crippen LogP contribution in [0.25, 0.3) is 0 Å². The number of hydrogen-bond donors (Lipinski definition) is 2. The van der Waals surface area contributed by atoms with Crippen LogP contribution in [0.4, 0.5) is 0 Å². The molecule has 6 heteroatoms. The first kappa shape index (κ1) is 13.5. The lowest BCUT2D eigenvalue weighted by Gasteiger charge is -2.13. The molecule has 19 heavy (non-hydrogen) atoms. The third-order valence-corrected chi connectivity index (χ3v) is 2.93. The Morgan fingerprint density at radius 2 is 2.37 bits per heavy atom. The van der Waals surface area contributed by atoms with Crippen LogP contribution < -0.4 is 15.4 Å². The summed E-state index contributed by atoms with van der Waals surface area (Å²) < 4.78 is 10.4. The van der Waals surface area contributed by atoms with E-state index < -0.39 is 11.9 Å². The van der Waals surface area contributed by atoms with E-state index in [2.05, 4.69) is 10.6 Å². The van der Waals surface area contributed by atoms with Crippen LogP contribution in [-0.4, -0.2) is 31.0 Å². The Morgan fingerprint density at radius 3 is 3.16 bits per heavy atom. The van der Waals surface area contributed by atoms with E-state index in [-0.39, 0.29) is 11.7 Å². The minimum absolute atomic E-state index is 0.137. The van der Waals surface area contributed by atoms with Crippen LogP contribution in [0.15, 0.2) is 16.5 Å². The maximum absolute atomic E-state index is 11.9. The van der Waals surface area contributed by atoms with Crippen LogP contribution in [-0.2, 0) is 4.79 Å². The van der Waals surface area contributed by atoms with Gasteiger partial charge in [-0.2, -0.15) is 0 Å². The van der Waals surface area contributed by atoms with E-state index in [4.69, 9.17) is 9.15 Å². The first-order valence-electron chi connectivity index (χ1n) is 6.52. The fourth-order valence-electron chi connectivity index (χ4n) is 1.97. The van der Waals surface area contributed by atoms with Crippen molar-refractivity contribution in [2.45, 2.75) is 32.2 Å². The van der Waals surface area contributed by atoms with E-state index in [1.807, 2.05) is 6.92 Å². The van der Waals surface area contributed by atoms with Gasteiger partial charge >= 0.3 is 0 Å². The van der Waals surface area contributed by atoms with Crippen LogP contribution in [0.3, 0.4) is 0 Å². The number of carbonyl (C=O) groups is 2. The molecule has 1 atom stereocenters. The van der Waals surface area contributed by atoms with Gasteiger partial charge in [0.25, 0.3) is 11.9 Å². The maximum atomic E-state index is 11.9. The zero-order chi connectivity index (χ0) is 13.7. The molecule has 0 bridgehead atoms. The Labute approximate surface area is 111 Å². The minimum Gasteiger partial charge on any atom is -0.465 e. The molecular formula is C13H18N2O4. The summed E-state index contributed by atoms with van der Waals surface area (Å²) in [5.41, 5.74) is 0. The van der Waals surface area contributed by atoms with Gasteiger partial charge in [-0.1, -0.05) is 0 Å². The summed E-state index contributed by atoms with van der Waals surface area (Å²) in [6, 6.07) is 2.64. The van der Waals surface area contributed by atoms with Crippen LogP contribution in [0.2, 0.25) is 0 Å². The number of rotatable bonds is 4. The molecule has 0 aromatic carbocycles. The Kier molecular flexibility index (Phi) is 4.43. The van der Waals surface area contributed by atoms with Gasteiger partial charge in [-0.05, 0) is 32.3 Å². The highest BCUT2D eigenvalue weighted by molar-refractivity contribution is 5.95. The SMILES string of the molecule is CCOc1ccc(C(=O)N[C@@H]2CCCCNC2=O)o1. The number of furan rings is 1. The standard InChI is InChI=1S/C13H18N2O4/c1-2-18-11-7-6-10(19-11)13(17)15-9-5-3-4-8-14-12(9)16/h6-7,9H,2-5,8H2,1H3,(H,14,16)(H,15,17)/t9-/m1/s1. The zero-order valence-electron chi connectivity index (χ0n) is 10.9. The van der Waals surface area contributed by atoms with Gasteiger partial charge in [0.05, 0.1) is 6.61 Å². The highest BCUT2D eigenvalue weighted by atomic mass is 16.6. The molecule has 2 N–H and O–H groups in total. The Bertz CT molecular complexity index is 455. The third kappa shape index (κ3) is 3.49. The molecule has 1 aromatic heterocycles. The largest absolute Gasteiger partial charge is 0.465 e. The van der Waals surface area contributed by atoms with Gasteiger partial charge in [0.2, 0.25) is 5.91 Å². The van der Waals surface area contributed by atoms with Gasteiger partial charge < -0.3 is 19.8 Å². The van der Waals surface area contributed by atoms with Gasteiger partial charge in [0.1, 0.15) is 6.04 Å². The number of carbonyl (C=O) groups excluding carboxylic acids is 2. The maximum Gasteiger partial charge on any atom is 0.287 e. The smallest absolute Gasteiger partial charge is 0.287 e. The second kappa shape index (κ2) is 6.26. The third-order valence-electron chi connectivity index (χ3n) is 2.93. The molecule has 6 nitrogen and oxygen atoms in total. The molecule has 0 saturated carbocycles. The quantitative estimate of drug-likeness (QED) is 0.854. The second-order valence-electron chi connectivity index (χ2n) is 4.36. The molecule has 104 valence electrons. The first-order chi connectivity index (χ1) is 9.20. The minimum atomic E-state index is -0.490. The highest BCUT2D eigenvalue weighted by Crippen LogP contribution is 2.16. The molecule has 0 radical (unpaired) electrons. The van der Waals surface area contributed by atoms with Crippen molar-refractivity contribution in [3.05, 3.63) is 17.9 Å². The summed E-state index contributed by atoms with van der Waals surface area (Å²) in [6.45, 7) is 2.97. The van der Waals surface area contributed by atoms with Crippen LogP contribution >= 0.6 is 0 Å². The van der Waals surface area contributed by atoms with Crippen molar-refractivity contribution in [1.82, 2.24) is 10.6 Å². The van der Waals surface area contributed by atoms with Gasteiger partial charge in [-0.3, -0.25) is 9.59 Å². The van der Waals surface area contributed by atoms with E-state index in [1.54, 1.807) is 6.07 Å². The molecular weight excluding hydrogens is 248 g/mol. The van der Waals surface area contributed by atoms with E-state index in [1.165, 1.54) is 6.07 Å². The lowest BCUT2D eigenvalue weighted by atomic mass is 10.1. The van der Waals surface area contributed by atoms with Gasteiger partial charge in [-0.15, -0.1) is 0 Å². The first-order valence-corrected chi connectivity index (χ1v) is 6.52. The van der Waals surface area contributed by atoms with Gasteiger partial charge in [-0.25, -0.2) is 0 Å². The molecule has 0 aliphatic carbocycles. The predicted octanol–water partition coefficient (Wildman–Crippen LogP) is 1.08. The summed E-state index contributed by atoms with van der Waals surface area (Å²) in [6.07, 6.45) is 2.50. The summed E-state index contributed by atoms with van der Waals surface area (Å²) in [5, 5.41) is 5.45. The van der Waals surface area contributed by atoms with Crippen molar-refractivity contribution in [3.8, 4) is 5.95 Å². The molecule has 1 aliphatic heterocycles. The summed E-state index contributed by atoms with van der Waals surface area (Å²) in [5.74, 6) is -0.0751. The van der Waals surface area contributed by atoms with E-state index in [0.717, 1.165) is 12.8 Å². The van der Waals surface area contributed by atoms with Crippen molar-refractivity contribution in [2.24, 2.45) is 0 Å². The van der Waals surface area contributed by atoms with Crippen LogP contribution in [0.1, 0.15) is 36.7 Å². The molecule has 2 amide bonds. The molecule has 1 aliphatic rings. The van der Waals surface area contributed by atoms with Crippen LogP contribution in [0, 0.1) is 0 Å². The lowest BCUT2D eigenvalue weighted by Crippen LogP contribution is -2.45. The Balaban J connectivity index is 1.96. The molecule has 0 unspecified atom stereocenters. The van der Waals surface area contributed by atoms with Crippen molar-refractivity contribution >= 4 is 11.8 Å². The van der Waals surface area contributed by atoms with E-state index >= 15 is 0 Å². The Hall–Kier alpha value is -1.98. The summed E-state index contributed by atoms with van der Waals surface area (Å²) in [7, 11) is 0. The fraction of sp³-hybridized carbons (Fsp3) is 0.538. The topological polar surface area (TPSA) is 80.6 Å². The van der Waals surface area contributed by atoms with E-state index in [0.29, 0.717) is 25.5 Å². The number of amides is 2. The van der Waals surface area contributed by atoms with E-state index in [9.17, 15) is 9.59 Å². The second-order valence-corrected chi connectivity index (χ2v) is 4.36. The highest BCUT2D eigenvalue weighted by Gasteiger charge is 2.24. The molecule has 1 aromatic rings. The fourth-order valence-corrected chi connectivity index (χ4v) is 1.97. The summed E-state index contributed by atoms with van der Waals surface area (Å²) >= 11 is 0. The molecule has 1 saturated heterocycles. The van der Waals surface area contributed by atoms with Gasteiger partial charge in [0.15, 0.2) is 5.76 Å². The van der Waals surface area contributed by atoms with Crippen molar-refractivity contribution < 1.29 is 18.7 Å². The Morgan fingerprint density at radius 1 is 1.53 bits per heavy atom. The molecule has 2 rings (SSSR count). The predicted molar refractivity (Wildman–Crippen MR) is 68.0 cm³/mol. The monoisotopic (exact) mass is 266 g/mol. The average molecular weight is 266 g/mol. The van der Waals surface area contributed by atoms with Crippen LogP contribution in [0.5, 0.6) is 5.95 Å². The normalized spacial score (nSPS) is 19.4. The van der Waals surface area contributed by atoms with Crippen molar-refractivity contribution in [1.29, 1.82) is 0 Å². The average Bonchev–Trinajstić information content (AvgIpc) is 2.77. The lowest BCUT2D eigenvalue weighted by molar-refractivity contribution is -0.122. The molecule has 1 fully saturated rings. The number of hydrogen-bond acceptors (Lipinski definition) is 4. The number of nitrogens with one attached hydrogen (secondary N) is 2. The van der Waals surface area contributed by atoms with Crippen molar-refractivity contribution in [3.63, 3.8) is 0 Å². The zero-order valence-corrected chi connectivity index (χ0v) is 10.9. The molecule has 2 heterocycles.